The summed E-state index contributed by atoms with van der Waals surface area (Å²) < 4.78 is 18.6. The zero-order valence-electron chi connectivity index (χ0n) is 22.9. The maximum absolute atomic E-state index is 13.2. The van der Waals surface area contributed by atoms with E-state index < -0.39 is 29.9 Å². The molecule has 0 radical (unpaired) electrons. The second-order valence-electron chi connectivity index (χ2n) is 11.7. The number of allylic oxidation sites excluding steroid dienone is 1. The fourth-order valence-electron chi connectivity index (χ4n) is 6.89. The number of esters is 1. The van der Waals surface area contributed by atoms with Gasteiger partial charge in [0, 0.05) is 23.8 Å². The summed E-state index contributed by atoms with van der Waals surface area (Å²) in [5.41, 5.74) is 0.604. The highest BCUT2D eigenvalue weighted by Gasteiger charge is 2.69. The normalized spacial score (nSPS) is 36.0. The molecule has 1 saturated carbocycles. The summed E-state index contributed by atoms with van der Waals surface area (Å²) in [6, 6.07) is 9.79. The van der Waals surface area contributed by atoms with Crippen LogP contribution in [0, 0.1) is 23.7 Å². The Bertz CT molecular complexity index is 1390. The van der Waals surface area contributed by atoms with E-state index >= 15 is 0 Å². The number of hydrogen-bond acceptors (Lipinski definition) is 7. The van der Waals surface area contributed by atoms with E-state index in [4.69, 9.17) is 58.8 Å². The van der Waals surface area contributed by atoms with Gasteiger partial charge in [-0.05, 0) is 73.9 Å². The molecule has 0 amide bonds. The second-order valence-corrected chi connectivity index (χ2v) is 12.9. The quantitative estimate of drug-likeness (QED) is 0.110. The SMILES string of the molecule is C[C@H]1[C@@H](OC(=O)c2ccc(/C=C/C(=O)c3ccc(Cl)c(Cl)c3Cl)cc2)O[C@@H]2O[C@]3(C)CC[C@H]4[C@H](C)CC[C@@H]1[C@@]24OO3. The van der Waals surface area contributed by atoms with E-state index in [0.717, 1.165) is 19.3 Å². The van der Waals surface area contributed by atoms with Gasteiger partial charge in [0.2, 0.25) is 12.1 Å². The molecule has 0 N–H and O–H groups in total. The number of hydrogen-bond donors (Lipinski definition) is 0. The van der Waals surface area contributed by atoms with Gasteiger partial charge in [-0.1, -0.05) is 66.9 Å². The molecule has 4 heterocycles. The molecule has 1 spiro atoms. The van der Waals surface area contributed by atoms with Gasteiger partial charge in [0.25, 0.3) is 0 Å². The topological polar surface area (TPSA) is 80.3 Å². The van der Waals surface area contributed by atoms with E-state index in [2.05, 4.69) is 6.92 Å². The molecule has 5 aliphatic rings. The van der Waals surface area contributed by atoms with Crippen molar-refractivity contribution in [1.29, 1.82) is 0 Å². The minimum Gasteiger partial charge on any atom is -0.432 e. The van der Waals surface area contributed by atoms with Gasteiger partial charge in [-0.2, -0.15) is 0 Å². The van der Waals surface area contributed by atoms with Crippen LogP contribution in [0.2, 0.25) is 15.1 Å². The molecule has 1 aliphatic carbocycles. The van der Waals surface area contributed by atoms with E-state index in [-0.39, 0.29) is 44.2 Å². The number of benzene rings is 2. The van der Waals surface area contributed by atoms with Crippen molar-refractivity contribution in [2.75, 3.05) is 0 Å². The molecule has 218 valence electrons. The average molecular weight is 622 g/mol. The molecule has 0 unspecified atom stereocenters. The average Bonchev–Trinajstić information content (AvgIpc) is 3.19. The summed E-state index contributed by atoms with van der Waals surface area (Å²) in [5.74, 6) is -1.12. The Hall–Kier alpha value is -1.97. The summed E-state index contributed by atoms with van der Waals surface area (Å²) in [5, 5.41) is 0.508. The lowest BCUT2D eigenvalue weighted by atomic mass is 9.58. The highest BCUT2D eigenvalue weighted by atomic mass is 35.5. The van der Waals surface area contributed by atoms with Gasteiger partial charge < -0.3 is 14.2 Å². The van der Waals surface area contributed by atoms with E-state index in [1.54, 1.807) is 30.3 Å². The van der Waals surface area contributed by atoms with Gasteiger partial charge in [-0.25, -0.2) is 14.6 Å². The molecule has 4 aliphatic heterocycles. The highest BCUT2D eigenvalue weighted by molar-refractivity contribution is 6.49. The summed E-state index contributed by atoms with van der Waals surface area (Å²) in [6.45, 7) is 6.15. The summed E-state index contributed by atoms with van der Waals surface area (Å²) in [4.78, 5) is 37.8. The molecule has 4 saturated heterocycles. The van der Waals surface area contributed by atoms with Gasteiger partial charge in [0.05, 0.1) is 20.6 Å². The molecule has 7 rings (SSSR count). The minimum absolute atomic E-state index is 0.0528. The van der Waals surface area contributed by atoms with Crippen molar-refractivity contribution in [1.82, 2.24) is 0 Å². The first-order valence-corrected chi connectivity index (χ1v) is 15.0. The second kappa shape index (κ2) is 10.9. The molecule has 2 bridgehead atoms. The number of fused-ring (bicyclic) bond motifs is 2. The lowest BCUT2D eigenvalue weighted by Gasteiger charge is -2.59. The van der Waals surface area contributed by atoms with E-state index in [9.17, 15) is 9.59 Å². The molecule has 2 aromatic carbocycles. The Kier molecular flexibility index (Phi) is 7.77. The van der Waals surface area contributed by atoms with Crippen LogP contribution in [-0.4, -0.2) is 35.7 Å². The highest BCUT2D eigenvalue weighted by Crippen LogP contribution is 2.60. The van der Waals surface area contributed by atoms with Gasteiger partial charge in [0.15, 0.2) is 17.7 Å². The van der Waals surface area contributed by atoms with Crippen LogP contribution in [0.25, 0.3) is 6.08 Å². The standard InChI is InChI=1S/C31H31Cl3O7/c1-16-4-11-22-17(2)28(38-29-31(22)21(16)14-15-30(3,39-29)40-41-31)37-27(36)19-8-5-18(6-9-19)7-13-24(35)20-10-12-23(32)26(34)25(20)33/h5-10,12-13,16-17,21-22,28-29H,4,11,14-15H2,1-3H3/b13-7+/t16-,17-,21+,22+,28+,29-,30+,31-/m1/s1. The third kappa shape index (κ3) is 5.03. The third-order valence-corrected chi connectivity index (χ3v) is 10.5. The molecule has 0 aromatic heterocycles. The van der Waals surface area contributed by atoms with Gasteiger partial charge in [-0.15, -0.1) is 0 Å². The van der Waals surface area contributed by atoms with Crippen molar-refractivity contribution in [3.8, 4) is 0 Å². The first-order valence-electron chi connectivity index (χ1n) is 13.9. The van der Waals surface area contributed by atoms with Gasteiger partial charge in [-0.3, -0.25) is 4.79 Å². The van der Waals surface area contributed by atoms with Crippen molar-refractivity contribution >= 4 is 52.6 Å². The van der Waals surface area contributed by atoms with Crippen LogP contribution in [-0.2, 0) is 24.0 Å². The van der Waals surface area contributed by atoms with Crippen LogP contribution in [0.5, 0.6) is 0 Å². The van der Waals surface area contributed by atoms with Crippen molar-refractivity contribution < 1.29 is 33.6 Å². The van der Waals surface area contributed by atoms with Crippen LogP contribution >= 0.6 is 34.8 Å². The Morgan fingerprint density at radius 2 is 1.71 bits per heavy atom. The van der Waals surface area contributed by atoms with Crippen LogP contribution < -0.4 is 0 Å². The monoisotopic (exact) mass is 620 g/mol. The number of carbonyl (C=O) groups is 2. The van der Waals surface area contributed by atoms with Crippen LogP contribution in [0.4, 0.5) is 0 Å². The number of rotatable bonds is 5. The van der Waals surface area contributed by atoms with Crippen LogP contribution in [0.1, 0.15) is 72.7 Å². The Morgan fingerprint density at radius 1 is 0.951 bits per heavy atom. The molecule has 10 heteroatoms. The number of ketones is 1. The first kappa shape index (κ1) is 29.1. The Morgan fingerprint density at radius 3 is 2.46 bits per heavy atom. The fraction of sp³-hybridized carbons (Fsp3) is 0.484. The van der Waals surface area contributed by atoms with Crippen molar-refractivity contribution in [2.45, 2.75) is 70.4 Å². The Labute approximate surface area is 253 Å². The molecule has 41 heavy (non-hydrogen) atoms. The van der Waals surface area contributed by atoms with E-state index in [1.807, 2.05) is 13.8 Å². The zero-order valence-corrected chi connectivity index (χ0v) is 25.2. The molecule has 2 aromatic rings. The molecular weight excluding hydrogens is 591 g/mol. The predicted molar refractivity (Wildman–Crippen MR) is 154 cm³/mol. The lowest BCUT2D eigenvalue weighted by Crippen LogP contribution is -2.70. The first-order chi connectivity index (χ1) is 19.5. The summed E-state index contributed by atoms with van der Waals surface area (Å²) in [7, 11) is 0. The number of halogens is 3. The maximum atomic E-state index is 13.2. The van der Waals surface area contributed by atoms with E-state index in [0.29, 0.717) is 23.5 Å². The summed E-state index contributed by atoms with van der Waals surface area (Å²) in [6.07, 6.45) is 5.13. The molecule has 5 fully saturated rings. The molecule has 8 atom stereocenters. The number of carbonyl (C=O) groups excluding carboxylic acids is 2. The molecular formula is C31H31Cl3O7. The minimum atomic E-state index is -0.900. The predicted octanol–water partition coefficient (Wildman–Crippen LogP) is 7.91. The number of ether oxygens (including phenoxy) is 3. The van der Waals surface area contributed by atoms with Gasteiger partial charge >= 0.3 is 5.97 Å². The largest absolute Gasteiger partial charge is 0.432 e. The zero-order chi connectivity index (χ0) is 29.1. The fourth-order valence-corrected chi connectivity index (χ4v) is 7.52. The van der Waals surface area contributed by atoms with Gasteiger partial charge in [0.1, 0.15) is 0 Å². The lowest BCUT2D eigenvalue weighted by molar-refractivity contribution is -0.576. The third-order valence-electron chi connectivity index (χ3n) is 9.19. The van der Waals surface area contributed by atoms with Crippen LogP contribution in [0.3, 0.4) is 0 Å². The van der Waals surface area contributed by atoms with Crippen LogP contribution in [0.15, 0.2) is 42.5 Å². The Balaban J connectivity index is 1.15. The van der Waals surface area contributed by atoms with Crippen molar-refractivity contribution in [3.63, 3.8) is 0 Å². The molecule has 7 nitrogen and oxygen atoms in total. The van der Waals surface area contributed by atoms with Crippen molar-refractivity contribution in [3.05, 3.63) is 74.2 Å². The summed E-state index contributed by atoms with van der Waals surface area (Å²) >= 11 is 18.2. The van der Waals surface area contributed by atoms with Crippen molar-refractivity contribution in [2.24, 2.45) is 23.7 Å². The van der Waals surface area contributed by atoms with E-state index in [1.165, 1.54) is 18.2 Å². The maximum Gasteiger partial charge on any atom is 0.340 e. The smallest absolute Gasteiger partial charge is 0.340 e.